The Morgan fingerprint density at radius 2 is 1.71 bits per heavy atom. The largest absolute Gasteiger partial charge is 0.394 e. The molecule has 2 rings (SSSR count). The molecule has 0 aromatic heterocycles. The van der Waals surface area contributed by atoms with Gasteiger partial charge in [-0.15, -0.1) is 0 Å². The molecule has 2 saturated heterocycles. The number of aliphatic hydroxyl groups is 5. The zero-order valence-corrected chi connectivity index (χ0v) is 12.1. The van der Waals surface area contributed by atoms with Crippen LogP contribution >= 0.6 is 0 Å². The summed E-state index contributed by atoms with van der Waals surface area (Å²) in [5, 5.41) is 49.0. The van der Waals surface area contributed by atoms with E-state index in [2.05, 4.69) is 0 Å². The van der Waals surface area contributed by atoms with Crippen LogP contribution in [0.2, 0.25) is 0 Å². The van der Waals surface area contributed by atoms with Crippen molar-refractivity contribution in [1.29, 1.82) is 0 Å². The predicted molar refractivity (Wildman–Crippen MR) is 69.2 cm³/mol. The first-order valence-corrected chi connectivity index (χ1v) is 7.07. The maximum atomic E-state index is 10.3. The summed E-state index contributed by atoms with van der Waals surface area (Å²) in [5.41, 5.74) is 0. The summed E-state index contributed by atoms with van der Waals surface area (Å²) in [4.78, 5) is 0. The molecule has 8 nitrogen and oxygen atoms in total. The van der Waals surface area contributed by atoms with Crippen molar-refractivity contribution in [2.75, 3.05) is 13.7 Å². The third-order valence-electron chi connectivity index (χ3n) is 4.33. The molecular formula is C13H24O8. The van der Waals surface area contributed by atoms with Crippen molar-refractivity contribution in [1.82, 2.24) is 0 Å². The third kappa shape index (κ3) is 3.22. The lowest BCUT2D eigenvalue weighted by Gasteiger charge is -2.47. The van der Waals surface area contributed by atoms with Gasteiger partial charge >= 0.3 is 0 Å². The Morgan fingerprint density at radius 1 is 1.05 bits per heavy atom. The van der Waals surface area contributed by atoms with E-state index in [-0.39, 0.29) is 6.42 Å². The molecule has 8 heteroatoms. The van der Waals surface area contributed by atoms with Crippen LogP contribution < -0.4 is 0 Å². The van der Waals surface area contributed by atoms with Crippen LogP contribution in [0.25, 0.3) is 0 Å². The second-order valence-corrected chi connectivity index (χ2v) is 5.69. The molecule has 2 fully saturated rings. The fourth-order valence-electron chi connectivity index (χ4n) is 3.06. The van der Waals surface area contributed by atoms with Crippen LogP contribution in [0, 0.1) is 5.92 Å². The summed E-state index contributed by atoms with van der Waals surface area (Å²) in [6.07, 6.45) is -7.51. The van der Waals surface area contributed by atoms with Crippen molar-refractivity contribution < 1.29 is 39.7 Å². The molecule has 0 radical (unpaired) electrons. The van der Waals surface area contributed by atoms with E-state index in [1.807, 2.05) is 0 Å². The van der Waals surface area contributed by atoms with Crippen molar-refractivity contribution in [3.8, 4) is 0 Å². The molecule has 2 aliphatic heterocycles. The van der Waals surface area contributed by atoms with Crippen LogP contribution in [0.4, 0.5) is 0 Å². The molecule has 124 valence electrons. The SMILES string of the molecule is COC1OC(CO)C(O)C(O)C1C1CC(O)C(O)C(C)O1. The van der Waals surface area contributed by atoms with Gasteiger partial charge in [0.15, 0.2) is 6.29 Å². The molecule has 2 aliphatic rings. The van der Waals surface area contributed by atoms with Gasteiger partial charge in [0, 0.05) is 13.5 Å². The zero-order valence-electron chi connectivity index (χ0n) is 12.1. The molecule has 0 aromatic carbocycles. The topological polar surface area (TPSA) is 129 Å². The Hall–Kier alpha value is -0.320. The fraction of sp³-hybridized carbons (Fsp3) is 1.00. The Morgan fingerprint density at radius 3 is 2.24 bits per heavy atom. The van der Waals surface area contributed by atoms with Crippen molar-refractivity contribution in [2.45, 2.75) is 62.4 Å². The van der Waals surface area contributed by atoms with Gasteiger partial charge in [-0.2, -0.15) is 0 Å². The fourth-order valence-corrected chi connectivity index (χ4v) is 3.06. The number of hydrogen-bond donors (Lipinski definition) is 5. The first kappa shape index (κ1) is 17.0. The average molecular weight is 308 g/mol. The van der Waals surface area contributed by atoms with Gasteiger partial charge < -0.3 is 39.7 Å². The predicted octanol–water partition coefficient (Wildman–Crippen LogP) is -2.41. The summed E-state index contributed by atoms with van der Waals surface area (Å²) in [5.74, 6) is -0.739. The van der Waals surface area contributed by atoms with E-state index in [4.69, 9.17) is 19.3 Å². The van der Waals surface area contributed by atoms with E-state index in [9.17, 15) is 20.4 Å². The molecule has 0 saturated carbocycles. The third-order valence-corrected chi connectivity index (χ3v) is 4.33. The van der Waals surface area contributed by atoms with E-state index in [1.54, 1.807) is 6.92 Å². The molecule has 9 unspecified atom stereocenters. The maximum absolute atomic E-state index is 10.3. The van der Waals surface area contributed by atoms with Gasteiger partial charge in [-0.3, -0.25) is 0 Å². The molecule has 9 atom stereocenters. The van der Waals surface area contributed by atoms with Gasteiger partial charge in [-0.05, 0) is 6.92 Å². The lowest BCUT2D eigenvalue weighted by molar-refractivity contribution is -0.308. The highest BCUT2D eigenvalue weighted by Crippen LogP contribution is 2.35. The minimum absolute atomic E-state index is 0.0902. The Kier molecular flexibility index (Phi) is 5.55. The van der Waals surface area contributed by atoms with E-state index >= 15 is 0 Å². The highest BCUT2D eigenvalue weighted by atomic mass is 16.7. The summed E-state index contributed by atoms with van der Waals surface area (Å²) in [6.45, 7) is 1.17. The number of ether oxygens (including phenoxy) is 3. The molecule has 0 aliphatic carbocycles. The Labute approximate surface area is 122 Å². The highest BCUT2D eigenvalue weighted by Gasteiger charge is 2.51. The summed E-state index contributed by atoms with van der Waals surface area (Å²) < 4.78 is 16.2. The van der Waals surface area contributed by atoms with Gasteiger partial charge in [0.05, 0.1) is 36.9 Å². The lowest BCUT2D eigenvalue weighted by Crippen LogP contribution is -2.62. The van der Waals surface area contributed by atoms with E-state index < -0.39 is 61.5 Å². The summed E-state index contributed by atoms with van der Waals surface area (Å²) >= 11 is 0. The second-order valence-electron chi connectivity index (χ2n) is 5.69. The molecule has 0 spiro atoms. The Balaban J connectivity index is 2.16. The van der Waals surface area contributed by atoms with Crippen LogP contribution in [0.5, 0.6) is 0 Å². The van der Waals surface area contributed by atoms with Crippen molar-refractivity contribution in [3.63, 3.8) is 0 Å². The minimum atomic E-state index is -1.28. The van der Waals surface area contributed by atoms with Gasteiger partial charge in [-0.1, -0.05) is 0 Å². The molecular weight excluding hydrogens is 284 g/mol. The quantitative estimate of drug-likeness (QED) is 0.390. The van der Waals surface area contributed by atoms with Gasteiger partial charge in [-0.25, -0.2) is 0 Å². The van der Waals surface area contributed by atoms with E-state index in [0.717, 1.165) is 0 Å². The molecule has 0 aromatic rings. The maximum Gasteiger partial charge on any atom is 0.165 e. The molecule has 2 heterocycles. The minimum Gasteiger partial charge on any atom is -0.394 e. The standard InChI is InChI=1S/C13H24O8/c1-5-10(16)6(15)3-7(20-5)9-12(18)11(17)8(4-14)21-13(9)19-2/h5-18H,3-4H2,1-2H3. The highest BCUT2D eigenvalue weighted by molar-refractivity contribution is 4.96. The summed E-state index contributed by atoms with van der Waals surface area (Å²) in [7, 11) is 1.38. The normalized spacial score (nSPS) is 51.9. The second kappa shape index (κ2) is 6.84. The van der Waals surface area contributed by atoms with Crippen LogP contribution in [0.15, 0.2) is 0 Å². The monoisotopic (exact) mass is 308 g/mol. The average Bonchev–Trinajstić information content (AvgIpc) is 2.46. The number of methoxy groups -OCH3 is 1. The lowest BCUT2D eigenvalue weighted by atomic mass is 9.82. The van der Waals surface area contributed by atoms with Crippen molar-refractivity contribution in [2.24, 2.45) is 5.92 Å². The molecule has 0 amide bonds. The molecule has 21 heavy (non-hydrogen) atoms. The first-order valence-electron chi connectivity index (χ1n) is 7.07. The molecule has 5 N–H and O–H groups in total. The van der Waals surface area contributed by atoms with Crippen LogP contribution in [-0.4, -0.2) is 88.3 Å². The number of aliphatic hydroxyl groups excluding tert-OH is 5. The van der Waals surface area contributed by atoms with Gasteiger partial charge in [0.1, 0.15) is 18.3 Å². The van der Waals surface area contributed by atoms with E-state index in [1.165, 1.54) is 7.11 Å². The smallest absolute Gasteiger partial charge is 0.165 e. The van der Waals surface area contributed by atoms with Crippen LogP contribution in [0.1, 0.15) is 13.3 Å². The summed E-state index contributed by atoms with van der Waals surface area (Å²) in [6, 6.07) is 0. The van der Waals surface area contributed by atoms with Crippen LogP contribution in [0.3, 0.4) is 0 Å². The van der Waals surface area contributed by atoms with E-state index in [0.29, 0.717) is 0 Å². The van der Waals surface area contributed by atoms with Crippen LogP contribution in [-0.2, 0) is 14.2 Å². The molecule has 0 bridgehead atoms. The van der Waals surface area contributed by atoms with Gasteiger partial charge in [0.25, 0.3) is 0 Å². The number of rotatable bonds is 3. The van der Waals surface area contributed by atoms with Crippen molar-refractivity contribution in [3.05, 3.63) is 0 Å². The Bertz CT molecular complexity index is 326. The van der Waals surface area contributed by atoms with Crippen molar-refractivity contribution >= 4 is 0 Å². The number of hydrogen-bond acceptors (Lipinski definition) is 8. The zero-order chi connectivity index (χ0) is 15.7. The first-order chi connectivity index (χ1) is 9.90. The van der Waals surface area contributed by atoms with Gasteiger partial charge in [0.2, 0.25) is 0 Å².